The van der Waals surface area contributed by atoms with Crippen molar-refractivity contribution in [2.24, 2.45) is 5.73 Å². The summed E-state index contributed by atoms with van der Waals surface area (Å²) in [6, 6.07) is 17.4. The number of amides is 4. The van der Waals surface area contributed by atoms with Gasteiger partial charge in [-0.1, -0.05) is 74.4 Å². The van der Waals surface area contributed by atoms with E-state index >= 15 is 0 Å². The number of nitrogens with zero attached hydrogens (tertiary/aromatic N) is 1. The summed E-state index contributed by atoms with van der Waals surface area (Å²) in [5, 5.41) is 7.23. The fourth-order valence-electron chi connectivity index (χ4n) is 5.13. The van der Waals surface area contributed by atoms with Gasteiger partial charge < -0.3 is 27.0 Å². The molecule has 10 nitrogen and oxygen atoms in total. The highest BCUT2D eigenvalue weighted by Crippen LogP contribution is 2.20. The van der Waals surface area contributed by atoms with Crippen molar-refractivity contribution < 1.29 is 24.0 Å². The van der Waals surface area contributed by atoms with Crippen molar-refractivity contribution >= 4 is 45.9 Å². The molecule has 6 N–H and O–H groups in total. The van der Waals surface area contributed by atoms with Crippen molar-refractivity contribution in [3.8, 4) is 0 Å². The second kappa shape index (κ2) is 16.2. The van der Waals surface area contributed by atoms with Crippen molar-refractivity contribution in [3.63, 3.8) is 0 Å². The van der Waals surface area contributed by atoms with Gasteiger partial charge in [-0.25, -0.2) is 0 Å². The van der Waals surface area contributed by atoms with Crippen LogP contribution < -0.4 is 22.1 Å². The predicted octanol–water partition coefficient (Wildman–Crippen LogP) is 3.05. The number of Topliss-reactive ketones (excluding diaryl/α,β-unsaturated/α-hetero) is 1. The molecule has 234 valence electrons. The van der Waals surface area contributed by atoms with E-state index in [1.165, 1.54) is 11.8 Å². The molecule has 3 atom stereocenters. The number of aryl methyl sites for hydroxylation is 1. The second-order valence-corrected chi connectivity index (χ2v) is 11.2. The number of rotatable bonds is 16. The van der Waals surface area contributed by atoms with Crippen molar-refractivity contribution in [1.82, 2.24) is 15.5 Å². The Balaban J connectivity index is 1.73. The van der Waals surface area contributed by atoms with Gasteiger partial charge in [0.25, 0.3) is 0 Å². The minimum absolute atomic E-state index is 0.132. The Morgan fingerprint density at radius 1 is 0.864 bits per heavy atom. The molecule has 0 aliphatic rings. The monoisotopic (exact) mass is 601 g/mol. The molecule has 3 aromatic carbocycles. The summed E-state index contributed by atoms with van der Waals surface area (Å²) in [4.78, 5) is 66.0. The molecule has 0 aliphatic carbocycles. The average Bonchev–Trinajstić information content (AvgIpc) is 2.99. The summed E-state index contributed by atoms with van der Waals surface area (Å²) in [5.41, 5.74) is 13.8. The quantitative estimate of drug-likeness (QED) is 0.184. The highest BCUT2D eigenvalue weighted by atomic mass is 16.2. The van der Waals surface area contributed by atoms with Crippen LogP contribution in [0.5, 0.6) is 0 Å². The second-order valence-electron chi connectivity index (χ2n) is 11.2. The minimum atomic E-state index is -1.25. The summed E-state index contributed by atoms with van der Waals surface area (Å²) in [5.74, 6) is -2.55. The number of ketones is 1. The van der Waals surface area contributed by atoms with Gasteiger partial charge in [-0.3, -0.25) is 24.0 Å². The topological polar surface area (TPSA) is 165 Å². The molecular weight excluding hydrogens is 558 g/mol. The van der Waals surface area contributed by atoms with Gasteiger partial charge in [0, 0.05) is 32.0 Å². The number of hydrogen-bond donors (Lipinski definition) is 4. The Morgan fingerprint density at radius 3 is 2.18 bits per heavy atom. The molecule has 3 rings (SSSR count). The maximum atomic E-state index is 13.6. The van der Waals surface area contributed by atoms with E-state index in [-0.39, 0.29) is 31.0 Å². The van der Waals surface area contributed by atoms with Gasteiger partial charge in [-0.15, -0.1) is 0 Å². The summed E-state index contributed by atoms with van der Waals surface area (Å²) in [6.45, 7) is 3.29. The van der Waals surface area contributed by atoms with Crippen molar-refractivity contribution in [3.05, 3.63) is 77.9 Å². The first-order valence-electron chi connectivity index (χ1n) is 15.0. The number of fused-ring (bicyclic) bond motifs is 1. The number of benzene rings is 3. The SMILES string of the molecule is CCCC[C@@H](C(=O)N[C@@H](CC(C)=O)C(=O)N[C@@H](Cc1cccc2ccccc12)C(N)=O)N(C)C(=O)CCc1ccc(N)cc1. The third-order valence-corrected chi connectivity index (χ3v) is 7.69. The predicted molar refractivity (Wildman–Crippen MR) is 171 cm³/mol. The lowest BCUT2D eigenvalue weighted by Crippen LogP contribution is -2.57. The number of likely N-dealkylation sites (N-methyl/N-ethyl adjacent to an activating group) is 1. The molecule has 3 aromatic rings. The molecule has 0 bridgehead atoms. The van der Waals surface area contributed by atoms with Crippen LogP contribution in [0.25, 0.3) is 10.8 Å². The normalized spacial score (nSPS) is 13.0. The van der Waals surface area contributed by atoms with Gasteiger partial charge in [0.2, 0.25) is 23.6 Å². The van der Waals surface area contributed by atoms with E-state index in [1.807, 2.05) is 61.5 Å². The maximum Gasteiger partial charge on any atom is 0.243 e. The molecule has 0 spiro atoms. The van der Waals surface area contributed by atoms with E-state index in [2.05, 4.69) is 10.6 Å². The van der Waals surface area contributed by atoms with Crippen LogP contribution in [0, 0.1) is 0 Å². The van der Waals surface area contributed by atoms with E-state index in [0.29, 0.717) is 24.9 Å². The van der Waals surface area contributed by atoms with Crippen LogP contribution in [0.2, 0.25) is 0 Å². The Bertz CT molecular complexity index is 1470. The number of hydrogen-bond acceptors (Lipinski definition) is 6. The summed E-state index contributed by atoms with van der Waals surface area (Å²) >= 11 is 0. The number of anilines is 1. The Hall–Kier alpha value is -4.73. The van der Waals surface area contributed by atoms with Crippen molar-refractivity contribution in [2.45, 2.75) is 76.9 Å². The van der Waals surface area contributed by atoms with Crippen LogP contribution >= 0.6 is 0 Å². The first kappa shape index (κ1) is 33.8. The molecular formula is C34H43N5O5. The number of carbonyl (C=O) groups is 5. The first-order chi connectivity index (χ1) is 21.0. The summed E-state index contributed by atoms with van der Waals surface area (Å²) in [7, 11) is 1.57. The molecule has 0 heterocycles. The molecule has 10 heteroatoms. The lowest BCUT2D eigenvalue weighted by molar-refractivity contribution is -0.141. The largest absolute Gasteiger partial charge is 0.399 e. The van der Waals surface area contributed by atoms with Gasteiger partial charge >= 0.3 is 0 Å². The van der Waals surface area contributed by atoms with Gasteiger partial charge in [0.15, 0.2) is 0 Å². The van der Waals surface area contributed by atoms with Crippen LogP contribution in [0.1, 0.15) is 57.1 Å². The molecule has 0 radical (unpaired) electrons. The standard InChI is InChI=1S/C34H43N5O5/c1-4-5-13-30(39(3)31(41)19-16-23-14-17-26(35)18-15-23)34(44)38-29(20-22(2)40)33(43)37-28(32(36)42)21-25-11-8-10-24-9-6-7-12-27(24)25/h6-12,14-15,17-18,28-30H,4-5,13,16,19-21,35H2,1-3H3,(H2,36,42)(H,37,43)(H,38,44)/t28-,29-,30-/m0/s1. The van der Waals surface area contributed by atoms with Crippen LogP contribution in [0.3, 0.4) is 0 Å². The molecule has 44 heavy (non-hydrogen) atoms. The minimum Gasteiger partial charge on any atom is -0.399 e. The third kappa shape index (κ3) is 9.65. The smallest absolute Gasteiger partial charge is 0.243 e. The number of nitrogens with one attached hydrogen (secondary N) is 2. The van der Waals surface area contributed by atoms with E-state index in [4.69, 9.17) is 11.5 Å². The lowest BCUT2D eigenvalue weighted by Gasteiger charge is -2.29. The molecule has 4 amide bonds. The van der Waals surface area contributed by atoms with Gasteiger partial charge in [0.1, 0.15) is 23.9 Å². The van der Waals surface area contributed by atoms with E-state index in [0.717, 1.165) is 28.3 Å². The fourth-order valence-corrected chi connectivity index (χ4v) is 5.13. The molecule has 0 fully saturated rings. The first-order valence-corrected chi connectivity index (χ1v) is 15.0. The molecule has 0 saturated heterocycles. The lowest BCUT2D eigenvalue weighted by atomic mass is 9.98. The third-order valence-electron chi connectivity index (χ3n) is 7.69. The average molecular weight is 602 g/mol. The Morgan fingerprint density at radius 2 is 1.52 bits per heavy atom. The number of nitrogen functional groups attached to an aromatic ring is 1. The van der Waals surface area contributed by atoms with Crippen molar-refractivity contribution in [2.75, 3.05) is 12.8 Å². The van der Waals surface area contributed by atoms with E-state index in [9.17, 15) is 24.0 Å². The number of unbranched alkanes of at least 4 members (excludes halogenated alkanes) is 1. The summed E-state index contributed by atoms with van der Waals surface area (Å²) < 4.78 is 0. The van der Waals surface area contributed by atoms with Crippen LogP contribution in [-0.4, -0.2) is 59.5 Å². The number of nitrogens with two attached hydrogens (primary N) is 2. The van der Waals surface area contributed by atoms with E-state index < -0.39 is 35.8 Å². The Kier molecular flexibility index (Phi) is 12.4. The van der Waals surface area contributed by atoms with Gasteiger partial charge in [0.05, 0.1) is 0 Å². The highest BCUT2D eigenvalue weighted by Gasteiger charge is 2.32. The fraction of sp³-hybridized carbons (Fsp3) is 0.382. The van der Waals surface area contributed by atoms with Gasteiger partial charge in [-0.05, 0) is 53.8 Å². The van der Waals surface area contributed by atoms with Crippen molar-refractivity contribution in [1.29, 1.82) is 0 Å². The molecule has 0 aromatic heterocycles. The van der Waals surface area contributed by atoms with Crippen LogP contribution in [0.15, 0.2) is 66.7 Å². The van der Waals surface area contributed by atoms with Crippen LogP contribution in [-0.2, 0) is 36.8 Å². The molecule has 0 aliphatic heterocycles. The number of primary amides is 1. The number of carbonyl (C=O) groups excluding carboxylic acids is 5. The van der Waals surface area contributed by atoms with Gasteiger partial charge in [-0.2, -0.15) is 0 Å². The van der Waals surface area contributed by atoms with E-state index in [1.54, 1.807) is 19.2 Å². The molecule has 0 unspecified atom stereocenters. The zero-order valence-electron chi connectivity index (χ0n) is 25.7. The maximum absolute atomic E-state index is 13.6. The summed E-state index contributed by atoms with van der Waals surface area (Å²) in [6.07, 6.45) is 2.36. The zero-order chi connectivity index (χ0) is 32.2. The molecule has 0 saturated carbocycles. The highest BCUT2D eigenvalue weighted by molar-refractivity contribution is 5.96. The zero-order valence-corrected chi connectivity index (χ0v) is 25.7. The van der Waals surface area contributed by atoms with Crippen LogP contribution in [0.4, 0.5) is 5.69 Å². The Labute approximate surface area is 258 Å².